The standard InChI is InChI=1S/C19H17ClFN3O3/c1-2-19(12-3-5-13(20)6-4-12)17(26)24(18(27)23-19)11-16(25)22-15-9-7-14(21)8-10-15/h3-10H,2,11H2,1H3,(H,22,25)(H,23,27). The summed E-state index contributed by atoms with van der Waals surface area (Å²) >= 11 is 5.90. The minimum Gasteiger partial charge on any atom is -0.325 e. The van der Waals surface area contributed by atoms with Crippen LogP contribution >= 0.6 is 11.6 Å². The van der Waals surface area contributed by atoms with Crippen LogP contribution in [0.1, 0.15) is 18.9 Å². The van der Waals surface area contributed by atoms with Crippen LogP contribution < -0.4 is 10.6 Å². The van der Waals surface area contributed by atoms with Crippen LogP contribution in [0.15, 0.2) is 48.5 Å². The number of carbonyl (C=O) groups is 3. The Bertz CT molecular complexity index is 886. The van der Waals surface area contributed by atoms with Gasteiger partial charge in [-0.25, -0.2) is 9.18 Å². The van der Waals surface area contributed by atoms with Crippen molar-refractivity contribution >= 4 is 35.1 Å². The Labute approximate surface area is 160 Å². The first-order valence-corrected chi connectivity index (χ1v) is 8.69. The van der Waals surface area contributed by atoms with E-state index in [4.69, 9.17) is 11.6 Å². The molecule has 6 nitrogen and oxygen atoms in total. The van der Waals surface area contributed by atoms with Crippen molar-refractivity contribution in [2.24, 2.45) is 0 Å². The normalized spacial score (nSPS) is 19.1. The van der Waals surface area contributed by atoms with E-state index in [0.717, 1.165) is 4.90 Å². The molecular formula is C19H17ClFN3O3. The number of anilines is 1. The second-order valence-electron chi connectivity index (χ2n) is 6.14. The van der Waals surface area contributed by atoms with Gasteiger partial charge < -0.3 is 10.6 Å². The lowest BCUT2D eigenvalue weighted by molar-refractivity contribution is -0.134. The molecule has 1 fully saturated rings. The second kappa shape index (κ2) is 7.36. The van der Waals surface area contributed by atoms with Crippen molar-refractivity contribution in [1.82, 2.24) is 10.2 Å². The van der Waals surface area contributed by atoms with Gasteiger partial charge in [0.1, 0.15) is 17.9 Å². The number of nitrogens with one attached hydrogen (secondary N) is 2. The smallest absolute Gasteiger partial charge is 0.325 e. The highest BCUT2D eigenvalue weighted by Gasteiger charge is 2.51. The number of urea groups is 1. The number of benzene rings is 2. The van der Waals surface area contributed by atoms with E-state index in [2.05, 4.69) is 10.6 Å². The number of hydrogen-bond acceptors (Lipinski definition) is 3. The van der Waals surface area contributed by atoms with E-state index in [1.807, 2.05) is 0 Å². The van der Waals surface area contributed by atoms with Crippen molar-refractivity contribution in [2.75, 3.05) is 11.9 Å². The average Bonchev–Trinajstić information content (AvgIpc) is 2.89. The van der Waals surface area contributed by atoms with Crippen LogP contribution in [-0.4, -0.2) is 29.3 Å². The Hall–Kier alpha value is -2.93. The second-order valence-corrected chi connectivity index (χ2v) is 6.58. The number of halogens is 2. The molecule has 2 aromatic rings. The van der Waals surface area contributed by atoms with Crippen molar-refractivity contribution in [3.8, 4) is 0 Å². The van der Waals surface area contributed by atoms with Crippen molar-refractivity contribution in [1.29, 1.82) is 0 Å². The molecule has 0 aromatic heterocycles. The third-order valence-electron chi connectivity index (χ3n) is 4.47. The molecular weight excluding hydrogens is 373 g/mol. The maximum atomic E-state index is 13.0. The van der Waals surface area contributed by atoms with Crippen LogP contribution in [0, 0.1) is 5.82 Å². The summed E-state index contributed by atoms with van der Waals surface area (Å²) in [5, 5.41) is 5.74. The molecule has 140 valence electrons. The van der Waals surface area contributed by atoms with Crippen molar-refractivity contribution < 1.29 is 18.8 Å². The van der Waals surface area contributed by atoms with Gasteiger partial charge in [0.15, 0.2) is 0 Å². The van der Waals surface area contributed by atoms with E-state index in [-0.39, 0.29) is 0 Å². The predicted molar refractivity (Wildman–Crippen MR) is 98.7 cm³/mol. The maximum Gasteiger partial charge on any atom is 0.325 e. The molecule has 1 heterocycles. The van der Waals surface area contributed by atoms with Gasteiger partial charge in [-0.05, 0) is 48.4 Å². The zero-order valence-corrected chi connectivity index (χ0v) is 15.2. The van der Waals surface area contributed by atoms with E-state index in [0.29, 0.717) is 22.7 Å². The Kier molecular flexibility index (Phi) is 5.14. The molecule has 3 rings (SSSR count). The van der Waals surface area contributed by atoms with Crippen molar-refractivity contribution in [2.45, 2.75) is 18.9 Å². The van der Waals surface area contributed by atoms with Gasteiger partial charge in [-0.15, -0.1) is 0 Å². The number of nitrogens with zero attached hydrogens (tertiary/aromatic N) is 1. The SMILES string of the molecule is CCC1(c2ccc(Cl)cc2)NC(=O)N(CC(=O)Nc2ccc(F)cc2)C1=O. The molecule has 0 spiro atoms. The summed E-state index contributed by atoms with van der Waals surface area (Å²) in [4.78, 5) is 38.4. The zero-order valence-electron chi connectivity index (χ0n) is 14.5. The average molecular weight is 390 g/mol. The molecule has 1 saturated heterocycles. The van der Waals surface area contributed by atoms with Crippen molar-refractivity contribution in [3.63, 3.8) is 0 Å². The quantitative estimate of drug-likeness (QED) is 0.770. The van der Waals surface area contributed by atoms with E-state index >= 15 is 0 Å². The van der Waals surface area contributed by atoms with Crippen LogP contribution in [0.2, 0.25) is 5.02 Å². The van der Waals surface area contributed by atoms with Crippen molar-refractivity contribution in [3.05, 3.63) is 64.9 Å². The van der Waals surface area contributed by atoms with Crippen LogP contribution in [0.3, 0.4) is 0 Å². The summed E-state index contributed by atoms with van der Waals surface area (Å²) in [6.07, 6.45) is 0.315. The molecule has 1 aliphatic heterocycles. The third-order valence-corrected chi connectivity index (χ3v) is 4.72. The van der Waals surface area contributed by atoms with Gasteiger partial charge in [0.25, 0.3) is 5.91 Å². The van der Waals surface area contributed by atoms with Gasteiger partial charge in [-0.3, -0.25) is 14.5 Å². The number of amides is 4. The number of carbonyl (C=O) groups excluding carboxylic acids is 3. The summed E-state index contributed by atoms with van der Waals surface area (Å²) in [7, 11) is 0. The Morgan fingerprint density at radius 3 is 2.37 bits per heavy atom. The maximum absolute atomic E-state index is 13.0. The van der Waals surface area contributed by atoms with Crippen LogP contribution in [0.4, 0.5) is 14.9 Å². The molecule has 1 aliphatic rings. The molecule has 0 radical (unpaired) electrons. The lowest BCUT2D eigenvalue weighted by Gasteiger charge is -2.25. The molecule has 0 saturated carbocycles. The molecule has 0 aliphatic carbocycles. The first-order valence-electron chi connectivity index (χ1n) is 8.31. The summed E-state index contributed by atoms with van der Waals surface area (Å²) in [5.74, 6) is -1.50. The van der Waals surface area contributed by atoms with E-state index in [1.165, 1.54) is 24.3 Å². The summed E-state index contributed by atoms with van der Waals surface area (Å²) < 4.78 is 12.9. The lowest BCUT2D eigenvalue weighted by Crippen LogP contribution is -2.44. The summed E-state index contributed by atoms with van der Waals surface area (Å²) in [5.41, 5.74) is -0.278. The molecule has 0 bridgehead atoms. The van der Waals surface area contributed by atoms with E-state index in [1.54, 1.807) is 31.2 Å². The molecule has 27 heavy (non-hydrogen) atoms. The third kappa shape index (κ3) is 3.64. The molecule has 2 N–H and O–H groups in total. The predicted octanol–water partition coefficient (Wildman–Crippen LogP) is 3.27. The number of hydrogen-bond donors (Lipinski definition) is 2. The lowest BCUT2D eigenvalue weighted by atomic mass is 9.87. The summed E-state index contributed by atoms with van der Waals surface area (Å²) in [6, 6.07) is 11.2. The first-order chi connectivity index (χ1) is 12.9. The largest absolute Gasteiger partial charge is 0.325 e. The highest BCUT2D eigenvalue weighted by molar-refractivity contribution is 6.30. The topological polar surface area (TPSA) is 78.5 Å². The summed E-state index contributed by atoms with van der Waals surface area (Å²) in [6.45, 7) is 1.33. The Balaban J connectivity index is 1.77. The Morgan fingerprint density at radius 2 is 1.78 bits per heavy atom. The van der Waals surface area contributed by atoms with Crippen LogP contribution in [-0.2, 0) is 15.1 Å². The van der Waals surface area contributed by atoms with Gasteiger partial charge in [-0.1, -0.05) is 30.7 Å². The van der Waals surface area contributed by atoms with Gasteiger partial charge in [0.2, 0.25) is 5.91 Å². The number of rotatable bonds is 5. The highest BCUT2D eigenvalue weighted by Crippen LogP contribution is 2.33. The van der Waals surface area contributed by atoms with Crippen LogP contribution in [0.5, 0.6) is 0 Å². The fraction of sp³-hybridized carbons (Fsp3) is 0.211. The monoisotopic (exact) mass is 389 g/mol. The first kappa shape index (κ1) is 18.8. The molecule has 2 aromatic carbocycles. The van der Waals surface area contributed by atoms with Gasteiger partial charge >= 0.3 is 6.03 Å². The van der Waals surface area contributed by atoms with E-state index < -0.39 is 35.7 Å². The molecule has 1 atom stereocenters. The highest BCUT2D eigenvalue weighted by atomic mass is 35.5. The molecule has 1 unspecified atom stereocenters. The molecule has 4 amide bonds. The molecule has 8 heteroatoms. The fourth-order valence-corrected chi connectivity index (χ4v) is 3.15. The fourth-order valence-electron chi connectivity index (χ4n) is 3.02. The van der Waals surface area contributed by atoms with E-state index in [9.17, 15) is 18.8 Å². The number of imide groups is 1. The van der Waals surface area contributed by atoms with Crippen LogP contribution in [0.25, 0.3) is 0 Å². The minimum atomic E-state index is -1.24. The van der Waals surface area contributed by atoms with Gasteiger partial charge in [0, 0.05) is 10.7 Å². The Morgan fingerprint density at radius 1 is 1.15 bits per heavy atom. The van der Waals surface area contributed by atoms with Gasteiger partial charge in [0.05, 0.1) is 0 Å². The minimum absolute atomic E-state index is 0.315. The zero-order chi connectivity index (χ0) is 19.6. The van der Waals surface area contributed by atoms with Gasteiger partial charge in [-0.2, -0.15) is 0 Å².